The zero-order valence-corrected chi connectivity index (χ0v) is 10.6. The Morgan fingerprint density at radius 2 is 1.00 bits per heavy atom. The van der Waals surface area contributed by atoms with E-state index in [2.05, 4.69) is 0 Å². The van der Waals surface area contributed by atoms with Crippen LogP contribution in [0.1, 0.15) is 16.7 Å². The summed E-state index contributed by atoms with van der Waals surface area (Å²) in [5.74, 6) is 0. The molecule has 10 heteroatoms. The summed E-state index contributed by atoms with van der Waals surface area (Å²) in [6.45, 7) is 0. The van der Waals surface area contributed by atoms with Crippen LogP contribution < -0.4 is 0 Å². The van der Waals surface area contributed by atoms with Crippen molar-refractivity contribution in [3.63, 3.8) is 0 Å². The first-order valence-electron chi connectivity index (χ1n) is 4.30. The van der Waals surface area contributed by atoms with Gasteiger partial charge in [-0.15, -0.1) is 0 Å². The molecule has 0 atom stereocenters. The maximum absolute atomic E-state index is 12.5. The van der Waals surface area contributed by atoms with E-state index in [1.54, 1.807) is 0 Å². The molecule has 0 aromatic heterocycles. The lowest BCUT2D eigenvalue weighted by Gasteiger charge is -2.20. The third-order valence-electron chi connectivity index (χ3n) is 2.04. The fourth-order valence-corrected chi connectivity index (χ4v) is 2.39. The molecular weight excluding hydrogens is 406 g/mol. The highest BCUT2D eigenvalue weighted by Gasteiger charge is 2.47. The van der Waals surface area contributed by atoms with Gasteiger partial charge in [0.25, 0.3) is 0 Å². The minimum Gasteiger partial charge on any atom is -0.166 e. The summed E-state index contributed by atoms with van der Waals surface area (Å²) < 4.78 is 110. The van der Waals surface area contributed by atoms with Gasteiger partial charge in [0.15, 0.2) is 0 Å². The largest absolute Gasteiger partial charge is 0.418 e. The van der Waals surface area contributed by atoms with Crippen LogP contribution in [0.5, 0.6) is 0 Å². The van der Waals surface area contributed by atoms with Crippen LogP contribution in [0.3, 0.4) is 0 Å². The standard InChI is InChI=1S/C9H2F9I/c10-7(11,12)3-1-2-4(8(13,14)15)6(19)5(3)9(16,17)18/h1-2H. The molecule has 0 radical (unpaired) electrons. The van der Waals surface area contributed by atoms with Crippen LogP contribution in [-0.2, 0) is 18.5 Å². The second-order valence-electron chi connectivity index (χ2n) is 3.34. The maximum Gasteiger partial charge on any atom is 0.418 e. The van der Waals surface area contributed by atoms with Crippen LogP contribution >= 0.6 is 22.6 Å². The predicted molar refractivity (Wildman–Crippen MR) is 54.2 cm³/mol. The van der Waals surface area contributed by atoms with Crippen LogP contribution in [0.2, 0.25) is 0 Å². The molecule has 0 amide bonds. The molecule has 0 fully saturated rings. The molecule has 0 aliphatic heterocycles. The lowest BCUT2D eigenvalue weighted by molar-refractivity contribution is -0.164. The maximum atomic E-state index is 12.5. The number of alkyl halides is 9. The van der Waals surface area contributed by atoms with Crippen molar-refractivity contribution < 1.29 is 39.5 Å². The van der Waals surface area contributed by atoms with Crippen LogP contribution in [0, 0.1) is 3.57 Å². The fourth-order valence-electron chi connectivity index (χ4n) is 1.31. The van der Waals surface area contributed by atoms with Gasteiger partial charge in [-0.25, -0.2) is 0 Å². The van der Waals surface area contributed by atoms with Crippen molar-refractivity contribution >= 4 is 22.6 Å². The summed E-state index contributed by atoms with van der Waals surface area (Å²) >= 11 is 0.617. The monoisotopic (exact) mass is 408 g/mol. The van der Waals surface area contributed by atoms with Gasteiger partial charge < -0.3 is 0 Å². The average molecular weight is 408 g/mol. The van der Waals surface area contributed by atoms with E-state index in [4.69, 9.17) is 0 Å². The third-order valence-corrected chi connectivity index (χ3v) is 3.16. The highest BCUT2D eigenvalue weighted by atomic mass is 127. The Morgan fingerprint density at radius 3 is 1.32 bits per heavy atom. The lowest BCUT2D eigenvalue weighted by atomic mass is 10.0. The molecule has 0 saturated carbocycles. The molecule has 1 aromatic carbocycles. The summed E-state index contributed by atoms with van der Waals surface area (Å²) in [5.41, 5.74) is -6.22. The lowest BCUT2D eigenvalue weighted by Crippen LogP contribution is -2.21. The summed E-state index contributed by atoms with van der Waals surface area (Å²) in [5, 5.41) is 0. The second kappa shape index (κ2) is 4.70. The number of hydrogen-bond acceptors (Lipinski definition) is 0. The van der Waals surface area contributed by atoms with E-state index in [0.717, 1.165) is 0 Å². The molecule has 0 bridgehead atoms. The van der Waals surface area contributed by atoms with Gasteiger partial charge in [-0.2, -0.15) is 39.5 Å². The van der Waals surface area contributed by atoms with E-state index in [-0.39, 0.29) is 12.1 Å². The van der Waals surface area contributed by atoms with Crippen molar-refractivity contribution in [3.05, 3.63) is 32.4 Å². The molecule has 19 heavy (non-hydrogen) atoms. The molecule has 0 N–H and O–H groups in total. The summed E-state index contributed by atoms with van der Waals surface area (Å²) in [6.07, 6.45) is -16.1. The van der Waals surface area contributed by atoms with E-state index in [9.17, 15) is 39.5 Å². The Balaban J connectivity index is 3.71. The first kappa shape index (κ1) is 16.4. The van der Waals surface area contributed by atoms with Gasteiger partial charge in [-0.05, 0) is 34.7 Å². The normalized spacial score (nSPS) is 13.8. The van der Waals surface area contributed by atoms with Crippen molar-refractivity contribution in [3.8, 4) is 0 Å². The predicted octanol–water partition coefficient (Wildman–Crippen LogP) is 5.35. The van der Waals surface area contributed by atoms with Crippen molar-refractivity contribution in [1.29, 1.82) is 0 Å². The second-order valence-corrected chi connectivity index (χ2v) is 4.42. The van der Waals surface area contributed by atoms with Gasteiger partial charge in [-0.1, -0.05) is 0 Å². The molecule has 1 rings (SSSR count). The number of rotatable bonds is 0. The molecule has 1 aromatic rings. The molecule has 0 heterocycles. The molecule has 0 saturated heterocycles. The van der Waals surface area contributed by atoms with Crippen molar-refractivity contribution in [2.45, 2.75) is 18.5 Å². The Kier molecular flexibility index (Phi) is 4.05. The zero-order chi connectivity index (χ0) is 15.2. The van der Waals surface area contributed by atoms with Crippen LogP contribution in [-0.4, -0.2) is 0 Å². The van der Waals surface area contributed by atoms with Crippen molar-refractivity contribution in [2.24, 2.45) is 0 Å². The Labute approximate surface area is 113 Å². The van der Waals surface area contributed by atoms with Gasteiger partial charge in [0.1, 0.15) is 0 Å². The molecule has 0 nitrogen and oxygen atoms in total. The molecule has 0 spiro atoms. The van der Waals surface area contributed by atoms with Gasteiger partial charge in [0, 0.05) is 3.57 Å². The average Bonchev–Trinajstić information content (AvgIpc) is 2.11. The van der Waals surface area contributed by atoms with Crippen LogP contribution in [0.4, 0.5) is 39.5 Å². The van der Waals surface area contributed by atoms with E-state index < -0.39 is 38.8 Å². The molecular formula is C9H2F9I. The zero-order valence-electron chi connectivity index (χ0n) is 8.43. The van der Waals surface area contributed by atoms with Crippen LogP contribution in [0.15, 0.2) is 12.1 Å². The van der Waals surface area contributed by atoms with Gasteiger partial charge in [0.2, 0.25) is 0 Å². The molecule has 0 aliphatic rings. The first-order chi connectivity index (χ1) is 8.26. The third kappa shape index (κ3) is 3.45. The SMILES string of the molecule is FC(F)(F)c1ccc(C(F)(F)F)c(C(F)(F)F)c1I. The molecule has 0 aliphatic carbocycles. The topological polar surface area (TPSA) is 0 Å². The molecule has 108 valence electrons. The summed E-state index contributed by atoms with van der Waals surface area (Å²) in [4.78, 5) is 0. The first-order valence-corrected chi connectivity index (χ1v) is 5.38. The Hall–Kier alpha value is -0.680. The van der Waals surface area contributed by atoms with Gasteiger partial charge in [-0.3, -0.25) is 0 Å². The minimum absolute atomic E-state index is 0.0141. The summed E-state index contributed by atoms with van der Waals surface area (Å²) in [6, 6.07) is -0.229. The Bertz CT molecular complexity index is 480. The molecule has 0 unspecified atom stereocenters. The van der Waals surface area contributed by atoms with Crippen molar-refractivity contribution in [1.82, 2.24) is 0 Å². The summed E-state index contributed by atoms with van der Waals surface area (Å²) in [7, 11) is 0. The highest BCUT2D eigenvalue weighted by molar-refractivity contribution is 14.1. The number of benzene rings is 1. The quantitative estimate of drug-likeness (QED) is 0.402. The van der Waals surface area contributed by atoms with E-state index >= 15 is 0 Å². The Morgan fingerprint density at radius 1 is 0.632 bits per heavy atom. The fraction of sp³-hybridized carbons (Fsp3) is 0.333. The van der Waals surface area contributed by atoms with Gasteiger partial charge >= 0.3 is 18.5 Å². The van der Waals surface area contributed by atoms with E-state index in [0.29, 0.717) is 22.6 Å². The van der Waals surface area contributed by atoms with E-state index in [1.807, 2.05) is 0 Å². The smallest absolute Gasteiger partial charge is 0.166 e. The van der Waals surface area contributed by atoms with E-state index in [1.165, 1.54) is 0 Å². The highest BCUT2D eigenvalue weighted by Crippen LogP contribution is 2.46. The number of halogens is 10. The minimum atomic E-state index is -5.54. The van der Waals surface area contributed by atoms with Gasteiger partial charge in [0.05, 0.1) is 16.7 Å². The van der Waals surface area contributed by atoms with Crippen LogP contribution in [0.25, 0.3) is 0 Å². The van der Waals surface area contributed by atoms with Crippen molar-refractivity contribution in [2.75, 3.05) is 0 Å². The number of hydrogen-bond donors (Lipinski definition) is 0.